The summed E-state index contributed by atoms with van der Waals surface area (Å²) in [4.78, 5) is 53.6. The van der Waals surface area contributed by atoms with E-state index < -0.39 is 49.2 Å². The minimum atomic E-state index is -1.39. The Morgan fingerprint density at radius 2 is 0.938 bits per heavy atom. The van der Waals surface area contributed by atoms with Crippen molar-refractivity contribution in [3.8, 4) is 0 Å². The standard InChI is InChI=1S/C64H119N5O10S/c1-4-7-10-13-16-19-22-25-28-31-34-37-40-43-46-58(71)65-55(63(76)66-57-49-69(68-67-57)64-62(75)61(74)56(50-70)79-64)53-80-52-54(78-60(73)48-45-42-39-36-33-30-27-24-21-18-15-12-9-6-3)51-77-59(72)47-44-41-38-35-32-29-26-23-20-17-14-11-8-5-2/h49,54-56,61-62,64,70,74-75H,4-48,50-53H2,1-3H3,(H,65,71)(H,66,76)/t54-,55-,56?,61-,62+,64+/m1/s1. The van der Waals surface area contributed by atoms with Crippen molar-refractivity contribution in [3.05, 3.63) is 6.20 Å². The van der Waals surface area contributed by atoms with Gasteiger partial charge in [0.05, 0.1) is 12.8 Å². The van der Waals surface area contributed by atoms with Gasteiger partial charge in [0.2, 0.25) is 11.8 Å². The van der Waals surface area contributed by atoms with E-state index in [0.717, 1.165) is 68.9 Å². The summed E-state index contributed by atoms with van der Waals surface area (Å²) in [5, 5.41) is 44.0. The van der Waals surface area contributed by atoms with Crippen LogP contribution in [0.3, 0.4) is 0 Å². The van der Waals surface area contributed by atoms with Crippen LogP contribution in [0.25, 0.3) is 0 Å². The number of amides is 2. The third-order valence-electron chi connectivity index (χ3n) is 15.7. The van der Waals surface area contributed by atoms with Crippen LogP contribution < -0.4 is 10.6 Å². The molecule has 466 valence electrons. The van der Waals surface area contributed by atoms with Crippen LogP contribution in [0.4, 0.5) is 5.82 Å². The molecule has 1 unspecified atom stereocenters. The van der Waals surface area contributed by atoms with Gasteiger partial charge in [-0.3, -0.25) is 19.2 Å². The molecule has 1 aromatic heterocycles. The van der Waals surface area contributed by atoms with Gasteiger partial charge in [0.15, 0.2) is 12.0 Å². The van der Waals surface area contributed by atoms with Crippen molar-refractivity contribution in [1.82, 2.24) is 20.3 Å². The van der Waals surface area contributed by atoms with Gasteiger partial charge >= 0.3 is 11.9 Å². The molecule has 0 spiro atoms. The molecule has 16 heteroatoms. The molecular weight excluding hydrogens is 1030 g/mol. The summed E-state index contributed by atoms with van der Waals surface area (Å²) in [5.41, 5.74) is 0. The smallest absolute Gasteiger partial charge is 0.306 e. The maximum atomic E-state index is 13.9. The average molecular weight is 1150 g/mol. The number of aliphatic hydroxyl groups excluding tert-OH is 3. The number of thioether (sulfide) groups is 1. The van der Waals surface area contributed by atoms with Gasteiger partial charge in [-0.15, -0.1) is 5.10 Å². The minimum absolute atomic E-state index is 0.0324. The number of carbonyl (C=O) groups is 4. The molecule has 2 heterocycles. The number of aliphatic hydroxyl groups is 3. The molecule has 1 saturated heterocycles. The molecule has 5 N–H and O–H groups in total. The zero-order chi connectivity index (χ0) is 57.9. The molecule has 1 aliphatic heterocycles. The van der Waals surface area contributed by atoms with Crippen molar-refractivity contribution >= 4 is 41.3 Å². The van der Waals surface area contributed by atoms with Crippen molar-refractivity contribution in [2.75, 3.05) is 30.0 Å². The number of ether oxygens (including phenoxy) is 3. The maximum absolute atomic E-state index is 13.9. The van der Waals surface area contributed by atoms with Crippen LogP contribution in [0.15, 0.2) is 6.20 Å². The fraction of sp³-hybridized carbons (Fsp3) is 0.906. The maximum Gasteiger partial charge on any atom is 0.306 e. The number of carbonyl (C=O) groups excluding carboxylic acids is 4. The second-order valence-corrected chi connectivity index (χ2v) is 24.4. The fourth-order valence-corrected chi connectivity index (χ4v) is 11.6. The summed E-state index contributed by atoms with van der Waals surface area (Å²) in [5.74, 6) is -1.08. The van der Waals surface area contributed by atoms with E-state index in [1.807, 2.05) is 0 Å². The third kappa shape index (κ3) is 38.9. The Bertz CT molecular complexity index is 1640. The van der Waals surface area contributed by atoms with Gasteiger partial charge in [-0.25, -0.2) is 4.68 Å². The first-order valence-corrected chi connectivity index (χ1v) is 34.4. The highest BCUT2D eigenvalue weighted by Crippen LogP contribution is 2.29. The Balaban J connectivity index is 1.95. The van der Waals surface area contributed by atoms with E-state index in [2.05, 4.69) is 41.7 Å². The Labute approximate surface area is 490 Å². The van der Waals surface area contributed by atoms with Gasteiger partial charge in [0, 0.05) is 30.8 Å². The lowest BCUT2D eigenvalue weighted by Gasteiger charge is -2.21. The SMILES string of the molecule is CCCCCCCCCCCCCCCCC(=O)N[C@H](CSC[C@@H](COC(=O)CCCCCCCCCCCCCCCC)OC(=O)CCCCCCCCCCCCCCCC)C(=O)Nc1cn([C@H]2OC(CO)[C@@H](O)[C@@H]2O)nn1. The number of hydrogen-bond acceptors (Lipinski definition) is 13. The summed E-state index contributed by atoms with van der Waals surface area (Å²) in [7, 11) is 0. The van der Waals surface area contributed by atoms with Crippen LogP contribution in [0, 0.1) is 0 Å². The molecule has 80 heavy (non-hydrogen) atoms. The lowest BCUT2D eigenvalue weighted by Crippen LogP contribution is -2.45. The first-order chi connectivity index (χ1) is 39.1. The number of unbranched alkanes of at least 4 members (excludes halogenated alkanes) is 39. The highest BCUT2D eigenvalue weighted by atomic mass is 32.2. The van der Waals surface area contributed by atoms with Crippen molar-refractivity contribution in [2.45, 2.75) is 346 Å². The number of rotatable bonds is 57. The van der Waals surface area contributed by atoms with Gasteiger partial charge in [0.1, 0.15) is 37.1 Å². The number of aromatic nitrogens is 3. The average Bonchev–Trinajstić information content (AvgIpc) is 4.06. The Morgan fingerprint density at radius 1 is 0.550 bits per heavy atom. The lowest BCUT2D eigenvalue weighted by atomic mass is 10.0. The monoisotopic (exact) mass is 1150 g/mol. The van der Waals surface area contributed by atoms with E-state index in [0.29, 0.717) is 12.8 Å². The number of hydrogen-bond donors (Lipinski definition) is 5. The molecule has 0 bridgehead atoms. The summed E-state index contributed by atoms with van der Waals surface area (Å²) in [6, 6.07) is -1.01. The molecule has 0 radical (unpaired) electrons. The number of esters is 2. The molecule has 2 rings (SSSR count). The number of nitrogens with zero attached hydrogens (tertiary/aromatic N) is 3. The van der Waals surface area contributed by atoms with Crippen molar-refractivity contribution < 1.29 is 48.7 Å². The second kappa shape index (κ2) is 51.8. The second-order valence-electron chi connectivity index (χ2n) is 23.3. The van der Waals surface area contributed by atoms with Crippen molar-refractivity contribution in [1.29, 1.82) is 0 Å². The van der Waals surface area contributed by atoms with Crippen LogP contribution in [0.5, 0.6) is 0 Å². The van der Waals surface area contributed by atoms with Gasteiger partial charge in [-0.05, 0) is 19.3 Å². The minimum Gasteiger partial charge on any atom is -0.462 e. The van der Waals surface area contributed by atoms with E-state index in [1.54, 1.807) is 0 Å². The molecule has 0 saturated carbocycles. The largest absolute Gasteiger partial charge is 0.462 e. The summed E-state index contributed by atoms with van der Waals surface area (Å²) >= 11 is 1.32. The van der Waals surface area contributed by atoms with Gasteiger partial charge < -0.3 is 40.2 Å². The highest BCUT2D eigenvalue weighted by Gasteiger charge is 2.44. The Kier molecular flexibility index (Phi) is 47.5. The van der Waals surface area contributed by atoms with E-state index in [-0.39, 0.29) is 54.6 Å². The van der Waals surface area contributed by atoms with Crippen LogP contribution in [-0.2, 0) is 33.4 Å². The van der Waals surface area contributed by atoms with Crippen LogP contribution >= 0.6 is 11.8 Å². The predicted molar refractivity (Wildman–Crippen MR) is 327 cm³/mol. The first kappa shape index (κ1) is 73.3. The highest BCUT2D eigenvalue weighted by molar-refractivity contribution is 7.99. The molecule has 2 amide bonds. The van der Waals surface area contributed by atoms with E-state index in [1.165, 1.54) is 217 Å². The normalized spacial score (nSPS) is 16.9. The predicted octanol–water partition coefficient (Wildman–Crippen LogP) is 15.1. The van der Waals surface area contributed by atoms with Crippen molar-refractivity contribution in [3.63, 3.8) is 0 Å². The molecule has 0 aliphatic carbocycles. The van der Waals surface area contributed by atoms with Crippen LogP contribution in [0.2, 0.25) is 0 Å². The molecule has 6 atom stereocenters. The fourth-order valence-electron chi connectivity index (χ4n) is 10.6. The Morgan fingerprint density at radius 3 is 1.34 bits per heavy atom. The molecule has 0 aromatic carbocycles. The summed E-state index contributed by atoms with van der Waals surface area (Å²) in [6.45, 7) is 6.16. The molecule has 1 aromatic rings. The van der Waals surface area contributed by atoms with Crippen molar-refractivity contribution in [2.24, 2.45) is 0 Å². The molecular formula is C64H119N5O10S. The van der Waals surface area contributed by atoms with Gasteiger partial charge in [-0.1, -0.05) is 276 Å². The van der Waals surface area contributed by atoms with Crippen LogP contribution in [-0.4, -0.2) is 109 Å². The summed E-state index contributed by atoms with van der Waals surface area (Å²) in [6.07, 6.45) is 47.7. The Hall–Kier alpha value is -2.79. The number of anilines is 1. The first-order valence-electron chi connectivity index (χ1n) is 33.2. The molecule has 15 nitrogen and oxygen atoms in total. The molecule has 1 aliphatic rings. The zero-order valence-electron chi connectivity index (χ0n) is 51.1. The zero-order valence-corrected chi connectivity index (χ0v) is 52.0. The van der Waals surface area contributed by atoms with E-state index >= 15 is 0 Å². The van der Waals surface area contributed by atoms with E-state index in [4.69, 9.17) is 14.2 Å². The lowest BCUT2D eigenvalue weighted by molar-refractivity contribution is -0.157. The number of nitrogens with one attached hydrogen (secondary N) is 2. The van der Waals surface area contributed by atoms with E-state index in [9.17, 15) is 34.5 Å². The van der Waals surface area contributed by atoms with Gasteiger partial charge in [0.25, 0.3) is 0 Å². The molecule has 1 fully saturated rings. The quantitative estimate of drug-likeness (QED) is 0.0304. The summed E-state index contributed by atoms with van der Waals surface area (Å²) < 4.78 is 18.4. The topological polar surface area (TPSA) is 211 Å². The van der Waals surface area contributed by atoms with Crippen LogP contribution in [0.1, 0.15) is 316 Å². The van der Waals surface area contributed by atoms with Gasteiger partial charge in [-0.2, -0.15) is 11.8 Å². The third-order valence-corrected chi connectivity index (χ3v) is 16.9.